The van der Waals surface area contributed by atoms with Crippen LogP contribution in [0.1, 0.15) is 48.5 Å². The molecule has 2 aromatic rings. The lowest BCUT2D eigenvalue weighted by Gasteiger charge is -2.39. The Morgan fingerprint density at radius 1 is 1.35 bits per heavy atom. The minimum absolute atomic E-state index is 0.0239. The first-order valence-electron chi connectivity index (χ1n) is 8.48. The van der Waals surface area contributed by atoms with Gasteiger partial charge in [-0.15, -0.1) is 0 Å². The second-order valence-corrected chi connectivity index (χ2v) is 6.71. The number of nitrogens with zero attached hydrogens (tertiary/aromatic N) is 4. The third kappa shape index (κ3) is 3.31. The maximum Gasteiger partial charge on any atom is 0.276 e. The van der Waals surface area contributed by atoms with Crippen molar-refractivity contribution >= 4 is 17.5 Å². The van der Waals surface area contributed by atoms with Crippen molar-refractivity contribution in [1.82, 2.24) is 10.1 Å². The fourth-order valence-corrected chi connectivity index (χ4v) is 2.90. The predicted octanol–water partition coefficient (Wildman–Crippen LogP) is 2.55. The molecule has 1 fully saturated rings. The van der Waals surface area contributed by atoms with Gasteiger partial charge >= 0.3 is 0 Å². The van der Waals surface area contributed by atoms with Crippen LogP contribution >= 0.6 is 0 Å². The minimum atomic E-state index is -0.305. The molecular weight excluding hydrogens is 332 g/mol. The molecule has 3 rings (SSSR count). The number of benzene rings is 1. The van der Waals surface area contributed by atoms with Crippen LogP contribution in [0.4, 0.5) is 5.69 Å². The predicted molar refractivity (Wildman–Crippen MR) is 94.6 cm³/mol. The number of nitriles is 1. The first kappa shape index (κ1) is 17.7. The fourth-order valence-electron chi connectivity index (χ4n) is 2.90. The second kappa shape index (κ2) is 7.00. The topological polar surface area (TPSA) is 90.4 Å². The molecule has 1 saturated heterocycles. The lowest BCUT2D eigenvalue weighted by molar-refractivity contribution is -0.121. The van der Waals surface area contributed by atoms with Gasteiger partial charge in [0.15, 0.2) is 5.69 Å². The van der Waals surface area contributed by atoms with Gasteiger partial charge in [-0.2, -0.15) is 5.26 Å². The van der Waals surface area contributed by atoms with Crippen molar-refractivity contribution in [3.05, 3.63) is 47.3 Å². The van der Waals surface area contributed by atoms with Gasteiger partial charge in [0.2, 0.25) is 5.91 Å². The Morgan fingerprint density at radius 3 is 2.62 bits per heavy atom. The summed E-state index contributed by atoms with van der Waals surface area (Å²) in [6, 6.07) is 10.4. The van der Waals surface area contributed by atoms with Crippen LogP contribution in [-0.4, -0.2) is 41.0 Å². The quantitative estimate of drug-likeness (QED) is 0.847. The maximum absolute atomic E-state index is 12.7. The lowest BCUT2D eigenvalue weighted by Crippen LogP contribution is -2.57. The molecule has 1 aliphatic rings. The van der Waals surface area contributed by atoms with Gasteiger partial charge in [-0.05, 0) is 31.2 Å². The Labute approximate surface area is 151 Å². The number of hydrogen-bond acceptors (Lipinski definition) is 5. The van der Waals surface area contributed by atoms with Gasteiger partial charge in [0.25, 0.3) is 5.91 Å². The number of hydrogen-bond donors (Lipinski definition) is 0. The van der Waals surface area contributed by atoms with Gasteiger partial charge in [-0.1, -0.05) is 19.0 Å². The highest BCUT2D eigenvalue weighted by Gasteiger charge is 2.34. The van der Waals surface area contributed by atoms with Gasteiger partial charge < -0.3 is 14.3 Å². The highest BCUT2D eigenvalue weighted by Crippen LogP contribution is 2.23. The van der Waals surface area contributed by atoms with E-state index in [4.69, 9.17) is 9.78 Å². The van der Waals surface area contributed by atoms with Crippen molar-refractivity contribution in [3.8, 4) is 6.07 Å². The molecule has 0 radical (unpaired) electrons. The van der Waals surface area contributed by atoms with Gasteiger partial charge in [0.1, 0.15) is 12.3 Å². The van der Waals surface area contributed by atoms with Crippen LogP contribution in [0.25, 0.3) is 0 Å². The largest absolute Gasteiger partial charge is 0.360 e. The highest BCUT2D eigenvalue weighted by molar-refractivity contribution is 6.01. The number of carbonyl (C=O) groups excluding carboxylic acids is 2. The summed E-state index contributed by atoms with van der Waals surface area (Å²) in [7, 11) is 0. The summed E-state index contributed by atoms with van der Waals surface area (Å²) in [5.74, 6) is 0.301. The molecule has 1 aromatic heterocycles. The molecule has 1 aromatic carbocycles. The van der Waals surface area contributed by atoms with E-state index in [9.17, 15) is 9.59 Å². The lowest BCUT2D eigenvalue weighted by atomic mass is 10.1. The molecule has 2 heterocycles. The Bertz CT molecular complexity index is 864. The molecule has 2 amide bonds. The monoisotopic (exact) mass is 352 g/mol. The van der Waals surface area contributed by atoms with Gasteiger partial charge in [0, 0.05) is 30.3 Å². The average Bonchev–Trinajstić information content (AvgIpc) is 3.13. The van der Waals surface area contributed by atoms with Gasteiger partial charge in [0.05, 0.1) is 11.6 Å². The van der Waals surface area contributed by atoms with Crippen LogP contribution in [0, 0.1) is 11.3 Å². The standard InChI is InChI=1S/C19H20N4O3/c1-12(2)17-8-16(21-26-17)19(25)22-11-18(24)23(10-13(22)3)15-6-4-14(9-20)5-7-15/h4-8,12-13H,10-11H2,1-3H3/t13-/m1/s1. The van der Waals surface area contributed by atoms with E-state index in [1.165, 1.54) is 4.90 Å². The average molecular weight is 352 g/mol. The van der Waals surface area contributed by atoms with Gasteiger partial charge in [-0.25, -0.2) is 0 Å². The van der Waals surface area contributed by atoms with Crippen molar-refractivity contribution < 1.29 is 14.1 Å². The second-order valence-electron chi connectivity index (χ2n) is 6.71. The van der Waals surface area contributed by atoms with Crippen LogP contribution in [0.5, 0.6) is 0 Å². The Hall–Kier alpha value is -3.14. The highest BCUT2D eigenvalue weighted by atomic mass is 16.5. The molecule has 1 aliphatic heterocycles. The van der Waals surface area contributed by atoms with Crippen LogP contribution in [0.3, 0.4) is 0 Å². The third-order valence-corrected chi connectivity index (χ3v) is 4.47. The SMILES string of the molecule is CC(C)c1cc(C(=O)N2CC(=O)N(c3ccc(C#N)cc3)C[C@H]2C)no1. The van der Waals surface area contributed by atoms with Crippen LogP contribution < -0.4 is 4.90 Å². The minimum Gasteiger partial charge on any atom is -0.360 e. The summed E-state index contributed by atoms with van der Waals surface area (Å²) >= 11 is 0. The smallest absolute Gasteiger partial charge is 0.276 e. The van der Waals surface area contributed by atoms with Crippen LogP contribution in [0.2, 0.25) is 0 Å². The number of carbonyl (C=O) groups is 2. The van der Waals surface area contributed by atoms with Crippen molar-refractivity contribution in [2.75, 3.05) is 18.0 Å². The normalized spacial score (nSPS) is 17.5. The molecule has 0 saturated carbocycles. The molecule has 134 valence electrons. The summed E-state index contributed by atoms with van der Waals surface area (Å²) in [5, 5.41) is 12.7. The van der Waals surface area contributed by atoms with E-state index in [2.05, 4.69) is 11.2 Å². The molecule has 7 heteroatoms. The van der Waals surface area contributed by atoms with Crippen molar-refractivity contribution in [1.29, 1.82) is 5.26 Å². The molecule has 0 unspecified atom stereocenters. The van der Waals surface area contributed by atoms with Crippen molar-refractivity contribution in [2.24, 2.45) is 0 Å². The van der Waals surface area contributed by atoms with Crippen molar-refractivity contribution in [3.63, 3.8) is 0 Å². The summed E-state index contributed by atoms with van der Waals surface area (Å²) in [6.45, 7) is 6.16. The van der Waals surface area contributed by atoms with E-state index in [-0.39, 0.29) is 36.0 Å². The zero-order valence-electron chi connectivity index (χ0n) is 15.0. The molecule has 7 nitrogen and oxygen atoms in total. The van der Waals surface area contributed by atoms with Crippen LogP contribution in [-0.2, 0) is 4.79 Å². The van der Waals surface area contributed by atoms with E-state index in [0.717, 1.165) is 5.69 Å². The number of anilines is 1. The van der Waals surface area contributed by atoms with E-state index < -0.39 is 0 Å². The summed E-state index contributed by atoms with van der Waals surface area (Å²) < 4.78 is 5.19. The Balaban J connectivity index is 1.76. The molecule has 0 bridgehead atoms. The van der Waals surface area contributed by atoms with Gasteiger partial charge in [-0.3, -0.25) is 9.59 Å². The zero-order chi connectivity index (χ0) is 18.8. The number of piperazine rings is 1. The van der Waals surface area contributed by atoms with E-state index in [1.54, 1.807) is 35.2 Å². The zero-order valence-corrected chi connectivity index (χ0v) is 15.0. The third-order valence-electron chi connectivity index (χ3n) is 4.47. The van der Waals surface area contributed by atoms with E-state index in [0.29, 0.717) is 17.9 Å². The molecule has 1 atom stereocenters. The van der Waals surface area contributed by atoms with E-state index in [1.807, 2.05) is 20.8 Å². The molecule has 26 heavy (non-hydrogen) atoms. The maximum atomic E-state index is 12.7. The van der Waals surface area contributed by atoms with Crippen LogP contribution in [0.15, 0.2) is 34.9 Å². The number of aromatic nitrogens is 1. The van der Waals surface area contributed by atoms with Crippen molar-refractivity contribution in [2.45, 2.75) is 32.7 Å². The number of rotatable bonds is 3. The molecule has 0 aliphatic carbocycles. The first-order chi connectivity index (χ1) is 12.4. The number of amides is 2. The molecule has 0 spiro atoms. The Kier molecular flexibility index (Phi) is 4.76. The summed E-state index contributed by atoms with van der Waals surface area (Å²) in [6.07, 6.45) is 0. The molecular formula is C19H20N4O3. The summed E-state index contributed by atoms with van der Waals surface area (Å²) in [4.78, 5) is 28.4. The Morgan fingerprint density at radius 2 is 2.04 bits per heavy atom. The molecule has 0 N–H and O–H groups in total. The first-order valence-corrected chi connectivity index (χ1v) is 8.48. The fraction of sp³-hybridized carbons (Fsp3) is 0.368. The van der Waals surface area contributed by atoms with E-state index >= 15 is 0 Å². The summed E-state index contributed by atoms with van der Waals surface area (Å²) in [5.41, 5.74) is 1.48.